The number of nitrogens with one attached hydrogen (secondary N) is 2. The minimum atomic E-state index is -0.587. The minimum Gasteiger partial charge on any atom is -0.366 e. The number of amides is 1. The van der Waals surface area contributed by atoms with Gasteiger partial charge in [-0.25, -0.2) is 14.4 Å². The van der Waals surface area contributed by atoms with Crippen molar-refractivity contribution < 1.29 is 9.18 Å². The second-order valence-corrected chi connectivity index (χ2v) is 6.42. The molecule has 0 saturated carbocycles. The number of nitrogens with zero attached hydrogens (tertiary/aromatic N) is 3. The van der Waals surface area contributed by atoms with E-state index in [9.17, 15) is 9.18 Å². The third-order valence-corrected chi connectivity index (χ3v) is 4.46. The molecule has 4 N–H and O–H groups in total. The molecule has 0 bridgehead atoms. The molecule has 2 aromatic heterocycles. The van der Waals surface area contributed by atoms with Gasteiger partial charge in [0.2, 0.25) is 0 Å². The average molecular weight is 419 g/mol. The Labute approximate surface area is 157 Å². The number of carbonyl (C=O) groups is 1. The van der Waals surface area contributed by atoms with E-state index in [4.69, 9.17) is 5.73 Å². The van der Waals surface area contributed by atoms with Crippen LogP contribution >= 0.6 is 15.9 Å². The van der Waals surface area contributed by atoms with E-state index in [2.05, 4.69) is 41.5 Å². The second kappa shape index (κ2) is 7.71. The van der Waals surface area contributed by atoms with Gasteiger partial charge in [0.1, 0.15) is 23.2 Å². The number of hydrogen-bond acceptors (Lipinski definition) is 6. The number of pyridine rings is 1. The molecule has 0 fully saturated rings. The Morgan fingerprint density at radius 3 is 2.77 bits per heavy atom. The normalized spacial score (nSPS) is 12.1. The summed E-state index contributed by atoms with van der Waals surface area (Å²) in [5.74, 6) is -0.465. The standard InChI is InChI=1S/C17H16BrFN6O/c1-21-7-13(9-2-3-12(19)11(18)6-9)25-17-15-14(23-8-24-17)10(16(20)26)4-5-22-15/h2-6,8,13,21H,7H2,1H3,(H2,20,26)(H,23,24,25). The van der Waals surface area contributed by atoms with Gasteiger partial charge >= 0.3 is 0 Å². The maximum absolute atomic E-state index is 13.5. The molecule has 1 aromatic carbocycles. The number of halogens is 2. The van der Waals surface area contributed by atoms with Crippen LogP contribution in [0.2, 0.25) is 0 Å². The third-order valence-electron chi connectivity index (χ3n) is 3.85. The van der Waals surface area contributed by atoms with Crippen LogP contribution in [0.5, 0.6) is 0 Å². The first-order valence-corrected chi connectivity index (χ1v) is 8.56. The van der Waals surface area contributed by atoms with Gasteiger partial charge in [-0.1, -0.05) is 6.07 Å². The topological polar surface area (TPSA) is 106 Å². The Bertz CT molecular complexity index is 967. The molecule has 3 rings (SSSR count). The lowest BCUT2D eigenvalue weighted by atomic mass is 10.1. The van der Waals surface area contributed by atoms with Crippen LogP contribution in [0.15, 0.2) is 41.3 Å². The monoisotopic (exact) mass is 418 g/mol. The van der Waals surface area contributed by atoms with Crippen molar-refractivity contribution in [1.29, 1.82) is 0 Å². The Hall–Kier alpha value is -2.65. The van der Waals surface area contributed by atoms with Crippen LogP contribution in [-0.4, -0.2) is 34.5 Å². The fourth-order valence-corrected chi connectivity index (χ4v) is 3.01. The highest BCUT2D eigenvalue weighted by Crippen LogP contribution is 2.26. The summed E-state index contributed by atoms with van der Waals surface area (Å²) in [6.45, 7) is 0.555. The summed E-state index contributed by atoms with van der Waals surface area (Å²) in [5, 5.41) is 6.37. The third kappa shape index (κ3) is 3.63. The summed E-state index contributed by atoms with van der Waals surface area (Å²) >= 11 is 3.20. The van der Waals surface area contributed by atoms with E-state index in [1.165, 1.54) is 24.7 Å². The zero-order valence-corrected chi connectivity index (χ0v) is 15.4. The van der Waals surface area contributed by atoms with Crippen LogP contribution in [0.4, 0.5) is 10.2 Å². The van der Waals surface area contributed by atoms with Crippen LogP contribution in [0.25, 0.3) is 11.0 Å². The first-order chi connectivity index (χ1) is 12.5. The molecule has 0 radical (unpaired) electrons. The van der Waals surface area contributed by atoms with Crippen LogP contribution in [-0.2, 0) is 0 Å². The zero-order valence-electron chi connectivity index (χ0n) is 13.8. The number of aromatic nitrogens is 3. The summed E-state index contributed by atoms with van der Waals surface area (Å²) in [6, 6.07) is 6.10. The minimum absolute atomic E-state index is 0.214. The van der Waals surface area contributed by atoms with Crippen LogP contribution < -0.4 is 16.4 Å². The smallest absolute Gasteiger partial charge is 0.251 e. The number of nitrogens with two attached hydrogens (primary N) is 1. The second-order valence-electron chi connectivity index (χ2n) is 5.57. The number of primary amides is 1. The van der Waals surface area contributed by atoms with E-state index >= 15 is 0 Å². The SMILES string of the molecule is CNCC(Nc1ncnc2c(C(N)=O)ccnc12)c1ccc(F)c(Br)c1. The van der Waals surface area contributed by atoms with Gasteiger partial charge in [-0.2, -0.15) is 0 Å². The summed E-state index contributed by atoms with van der Waals surface area (Å²) < 4.78 is 13.9. The lowest BCUT2D eigenvalue weighted by molar-refractivity contribution is 0.100. The first kappa shape index (κ1) is 18.2. The fraction of sp³-hybridized carbons (Fsp3) is 0.176. The number of rotatable bonds is 6. The van der Waals surface area contributed by atoms with Crippen molar-refractivity contribution in [3.8, 4) is 0 Å². The van der Waals surface area contributed by atoms with Crippen LogP contribution in [0, 0.1) is 5.82 Å². The lowest BCUT2D eigenvalue weighted by Gasteiger charge is -2.20. The van der Waals surface area contributed by atoms with E-state index in [-0.39, 0.29) is 17.4 Å². The molecule has 0 aliphatic carbocycles. The van der Waals surface area contributed by atoms with Crippen molar-refractivity contribution >= 4 is 38.7 Å². The van der Waals surface area contributed by atoms with E-state index < -0.39 is 5.91 Å². The van der Waals surface area contributed by atoms with Gasteiger partial charge in [-0.15, -0.1) is 0 Å². The van der Waals surface area contributed by atoms with E-state index in [0.29, 0.717) is 27.9 Å². The van der Waals surface area contributed by atoms with Crippen molar-refractivity contribution in [3.05, 3.63) is 58.2 Å². The van der Waals surface area contributed by atoms with E-state index in [1.807, 2.05) is 7.05 Å². The highest BCUT2D eigenvalue weighted by Gasteiger charge is 2.17. The Balaban J connectivity index is 2.03. The van der Waals surface area contributed by atoms with E-state index in [1.54, 1.807) is 12.1 Å². The molecular formula is C17H16BrFN6O. The van der Waals surface area contributed by atoms with E-state index in [0.717, 1.165) is 5.56 Å². The average Bonchev–Trinajstić information content (AvgIpc) is 2.63. The molecular weight excluding hydrogens is 403 g/mol. The maximum atomic E-state index is 13.5. The molecule has 0 aliphatic rings. The summed E-state index contributed by atoms with van der Waals surface area (Å²) in [7, 11) is 1.81. The number of likely N-dealkylation sites (N-methyl/N-ethyl adjacent to an activating group) is 1. The quantitative estimate of drug-likeness (QED) is 0.567. The molecule has 9 heteroatoms. The van der Waals surface area contributed by atoms with Gasteiger partial charge in [0.05, 0.1) is 16.1 Å². The van der Waals surface area contributed by atoms with Crippen molar-refractivity contribution in [2.75, 3.05) is 18.9 Å². The van der Waals surface area contributed by atoms with Crippen molar-refractivity contribution in [1.82, 2.24) is 20.3 Å². The van der Waals surface area contributed by atoms with Crippen molar-refractivity contribution in [2.24, 2.45) is 5.73 Å². The predicted octanol–water partition coefficient (Wildman–Crippen LogP) is 2.40. The zero-order chi connectivity index (χ0) is 18.7. The van der Waals surface area contributed by atoms with Gasteiger partial charge in [-0.3, -0.25) is 9.78 Å². The van der Waals surface area contributed by atoms with Gasteiger partial charge in [0.25, 0.3) is 5.91 Å². The first-order valence-electron chi connectivity index (χ1n) is 7.77. The largest absolute Gasteiger partial charge is 0.366 e. The van der Waals surface area contributed by atoms with Crippen LogP contribution in [0.1, 0.15) is 22.0 Å². The number of fused-ring (bicyclic) bond motifs is 1. The fourth-order valence-electron chi connectivity index (χ4n) is 2.62. The van der Waals surface area contributed by atoms with Gasteiger partial charge < -0.3 is 16.4 Å². The Kier molecular flexibility index (Phi) is 5.38. The van der Waals surface area contributed by atoms with Gasteiger partial charge in [0.15, 0.2) is 5.82 Å². The van der Waals surface area contributed by atoms with Crippen LogP contribution in [0.3, 0.4) is 0 Å². The number of hydrogen-bond donors (Lipinski definition) is 3. The Morgan fingerprint density at radius 1 is 1.27 bits per heavy atom. The molecule has 0 spiro atoms. The summed E-state index contributed by atoms with van der Waals surface area (Å²) in [5.41, 5.74) is 7.34. The van der Waals surface area contributed by atoms with Gasteiger partial charge in [-0.05, 0) is 46.7 Å². The lowest BCUT2D eigenvalue weighted by Crippen LogP contribution is -2.24. The van der Waals surface area contributed by atoms with Crippen molar-refractivity contribution in [2.45, 2.75) is 6.04 Å². The molecule has 0 saturated heterocycles. The molecule has 2 heterocycles. The number of carbonyl (C=O) groups excluding carboxylic acids is 1. The number of anilines is 1. The molecule has 134 valence electrons. The summed E-state index contributed by atoms with van der Waals surface area (Å²) in [4.78, 5) is 24.3. The van der Waals surface area contributed by atoms with Gasteiger partial charge in [0, 0.05) is 12.7 Å². The molecule has 1 amide bonds. The highest BCUT2D eigenvalue weighted by molar-refractivity contribution is 9.10. The van der Waals surface area contributed by atoms with Crippen molar-refractivity contribution in [3.63, 3.8) is 0 Å². The Morgan fingerprint density at radius 2 is 2.08 bits per heavy atom. The predicted molar refractivity (Wildman–Crippen MR) is 100 cm³/mol. The molecule has 1 atom stereocenters. The molecule has 3 aromatic rings. The molecule has 0 aliphatic heterocycles. The molecule has 26 heavy (non-hydrogen) atoms. The highest BCUT2D eigenvalue weighted by atomic mass is 79.9. The molecule has 1 unspecified atom stereocenters. The molecule has 7 nitrogen and oxygen atoms in total. The summed E-state index contributed by atoms with van der Waals surface area (Å²) in [6.07, 6.45) is 2.83. The number of benzene rings is 1. The maximum Gasteiger partial charge on any atom is 0.251 e.